The van der Waals surface area contributed by atoms with E-state index in [1.807, 2.05) is 0 Å². The summed E-state index contributed by atoms with van der Waals surface area (Å²) >= 11 is 0. The smallest absolute Gasteiger partial charge is 0.187 e. The average molecular weight is 504 g/mol. The van der Waals surface area contributed by atoms with E-state index in [1.165, 1.54) is 0 Å². The molecule has 34 heavy (non-hydrogen) atoms. The molecule has 16 heteroatoms. The van der Waals surface area contributed by atoms with Gasteiger partial charge in [-0.15, -0.1) is 0 Å². The lowest BCUT2D eigenvalue weighted by Gasteiger charge is -2.48. The summed E-state index contributed by atoms with van der Waals surface area (Å²) < 4.78 is 26.7. The van der Waals surface area contributed by atoms with Crippen LogP contribution in [-0.4, -0.2) is 168 Å². The Hall–Kier alpha value is -0.640. The van der Waals surface area contributed by atoms with Gasteiger partial charge in [0, 0.05) is 0 Å². The quantitative estimate of drug-likeness (QED) is 0.154. The largest absolute Gasteiger partial charge is 0.394 e. The maximum atomic E-state index is 10.5. The van der Waals surface area contributed by atoms with Gasteiger partial charge in [-0.05, 0) is 0 Å². The zero-order valence-corrected chi connectivity index (χ0v) is 17.7. The van der Waals surface area contributed by atoms with Crippen molar-refractivity contribution >= 4 is 0 Å². The second kappa shape index (κ2) is 11.6. The summed E-state index contributed by atoms with van der Waals surface area (Å²) in [6, 6.07) is 0. The molecular weight excluding hydrogens is 472 g/mol. The van der Waals surface area contributed by atoms with Crippen LogP contribution in [0.2, 0.25) is 0 Å². The number of hydrogen-bond donors (Lipinski definition) is 11. The van der Waals surface area contributed by atoms with E-state index >= 15 is 0 Å². The Labute approximate surface area is 192 Å². The molecule has 0 amide bonds. The molecule has 0 saturated carbocycles. The molecular formula is C18H32O16. The molecule has 3 rings (SSSR count). The Morgan fingerprint density at radius 2 is 0.853 bits per heavy atom. The number of ether oxygens (including phenoxy) is 5. The third kappa shape index (κ3) is 5.37. The van der Waals surface area contributed by atoms with Crippen molar-refractivity contribution in [2.45, 2.75) is 92.1 Å². The van der Waals surface area contributed by atoms with Crippen molar-refractivity contribution in [3.8, 4) is 0 Å². The first-order valence-corrected chi connectivity index (χ1v) is 10.6. The predicted octanol–water partition coefficient (Wildman–Crippen LogP) is -7.57. The van der Waals surface area contributed by atoms with Crippen LogP contribution in [0.5, 0.6) is 0 Å². The topological polar surface area (TPSA) is 269 Å². The average Bonchev–Trinajstić information content (AvgIpc) is 2.83. The molecule has 0 spiro atoms. The monoisotopic (exact) mass is 504 g/mol. The van der Waals surface area contributed by atoms with E-state index in [2.05, 4.69) is 0 Å². The molecule has 3 aliphatic rings. The van der Waals surface area contributed by atoms with Crippen LogP contribution in [-0.2, 0) is 23.7 Å². The molecule has 15 atom stereocenters. The van der Waals surface area contributed by atoms with Crippen LogP contribution in [0.15, 0.2) is 0 Å². The van der Waals surface area contributed by atoms with Gasteiger partial charge in [0.25, 0.3) is 0 Å². The summed E-state index contributed by atoms with van der Waals surface area (Å²) in [5, 5.41) is 109. The second-order valence-electron chi connectivity index (χ2n) is 8.33. The first kappa shape index (κ1) is 27.9. The lowest BCUT2D eigenvalue weighted by molar-refractivity contribution is -0.383. The van der Waals surface area contributed by atoms with Crippen LogP contribution in [0.25, 0.3) is 0 Å². The lowest BCUT2D eigenvalue weighted by atomic mass is 9.96. The number of rotatable bonds is 7. The SMILES string of the molecule is OC[C@H]1O[C@@H](O[C@@H]2[C@@H](O)[C@@H](O)O[C@H](CO)[C@@H]2O[C@H]2O[C@H](CO)[C@@H](O)[C@H](O)[C@H]2O)[C@H](O)[C@@H](O)[C@@H]1O. The van der Waals surface area contributed by atoms with Gasteiger partial charge < -0.3 is 79.9 Å². The third-order valence-electron chi connectivity index (χ3n) is 6.09. The van der Waals surface area contributed by atoms with Crippen LogP contribution in [0, 0.1) is 0 Å². The standard InChI is InChI=1S/C18H32O16/c19-1-4-7(22)9(24)11(26)17(31-4)33-14-6(3-21)30-16(29)13(28)15(14)34-18-12(27)10(25)8(23)5(2-20)32-18/h4-29H,1-3H2/t4-,5-,6-,7-,8-,9+,10+,11-,12-,13-,14+,15-,16+,17-,18+/m1/s1. The van der Waals surface area contributed by atoms with Gasteiger partial charge in [0.1, 0.15) is 73.2 Å². The molecule has 3 fully saturated rings. The van der Waals surface area contributed by atoms with Gasteiger partial charge >= 0.3 is 0 Å². The summed E-state index contributed by atoms with van der Waals surface area (Å²) in [5.41, 5.74) is 0. The highest BCUT2D eigenvalue weighted by molar-refractivity contribution is 4.96. The van der Waals surface area contributed by atoms with Crippen LogP contribution in [0.4, 0.5) is 0 Å². The first-order chi connectivity index (χ1) is 16.0. The molecule has 200 valence electrons. The van der Waals surface area contributed by atoms with E-state index in [-0.39, 0.29) is 0 Å². The first-order valence-electron chi connectivity index (χ1n) is 10.6. The molecule has 0 unspecified atom stereocenters. The minimum Gasteiger partial charge on any atom is -0.394 e. The van der Waals surface area contributed by atoms with Gasteiger partial charge in [-0.1, -0.05) is 0 Å². The summed E-state index contributed by atoms with van der Waals surface area (Å²) in [7, 11) is 0. The highest BCUT2D eigenvalue weighted by atomic mass is 16.8. The summed E-state index contributed by atoms with van der Waals surface area (Å²) in [5.74, 6) is 0. The van der Waals surface area contributed by atoms with Crippen molar-refractivity contribution in [2.75, 3.05) is 19.8 Å². The van der Waals surface area contributed by atoms with Gasteiger partial charge in [-0.2, -0.15) is 0 Å². The van der Waals surface area contributed by atoms with E-state index in [1.54, 1.807) is 0 Å². The Morgan fingerprint density at radius 1 is 0.441 bits per heavy atom. The Balaban J connectivity index is 1.84. The second-order valence-corrected chi connectivity index (χ2v) is 8.33. The van der Waals surface area contributed by atoms with Gasteiger partial charge in [-0.25, -0.2) is 0 Å². The van der Waals surface area contributed by atoms with Crippen molar-refractivity contribution in [1.82, 2.24) is 0 Å². The molecule has 0 aliphatic carbocycles. The molecule has 3 heterocycles. The summed E-state index contributed by atoms with van der Waals surface area (Å²) in [6.45, 7) is -2.35. The van der Waals surface area contributed by atoms with E-state index in [9.17, 15) is 56.2 Å². The highest BCUT2D eigenvalue weighted by Crippen LogP contribution is 2.32. The maximum Gasteiger partial charge on any atom is 0.187 e. The van der Waals surface area contributed by atoms with Crippen molar-refractivity contribution in [2.24, 2.45) is 0 Å². The fraction of sp³-hybridized carbons (Fsp3) is 1.00. The molecule has 0 bridgehead atoms. The van der Waals surface area contributed by atoms with Crippen molar-refractivity contribution in [3.05, 3.63) is 0 Å². The van der Waals surface area contributed by atoms with Crippen LogP contribution >= 0.6 is 0 Å². The molecule has 11 N–H and O–H groups in total. The normalized spacial score (nSPS) is 52.5. The molecule has 0 aromatic rings. The van der Waals surface area contributed by atoms with Gasteiger partial charge in [0.2, 0.25) is 0 Å². The van der Waals surface area contributed by atoms with Crippen molar-refractivity contribution < 1.29 is 79.9 Å². The van der Waals surface area contributed by atoms with Gasteiger partial charge in [0.05, 0.1) is 19.8 Å². The molecule has 0 radical (unpaired) electrons. The van der Waals surface area contributed by atoms with Gasteiger partial charge in [0.15, 0.2) is 18.9 Å². The Morgan fingerprint density at radius 3 is 1.26 bits per heavy atom. The number of aliphatic hydroxyl groups excluding tert-OH is 11. The number of hydrogen-bond acceptors (Lipinski definition) is 16. The zero-order chi connectivity index (χ0) is 25.3. The molecule has 3 saturated heterocycles. The fourth-order valence-corrected chi connectivity index (χ4v) is 4.04. The Kier molecular flexibility index (Phi) is 9.54. The third-order valence-corrected chi connectivity index (χ3v) is 6.09. The minimum atomic E-state index is -1.93. The van der Waals surface area contributed by atoms with E-state index < -0.39 is 112 Å². The molecule has 3 aliphatic heterocycles. The van der Waals surface area contributed by atoms with E-state index in [0.29, 0.717) is 0 Å². The highest BCUT2D eigenvalue weighted by Gasteiger charge is 2.53. The maximum absolute atomic E-state index is 10.5. The van der Waals surface area contributed by atoms with Crippen molar-refractivity contribution in [1.29, 1.82) is 0 Å². The molecule has 0 aromatic carbocycles. The lowest BCUT2D eigenvalue weighted by Crippen LogP contribution is -2.67. The number of aliphatic hydroxyl groups is 11. The van der Waals surface area contributed by atoms with Crippen LogP contribution in [0.3, 0.4) is 0 Å². The summed E-state index contributed by atoms with van der Waals surface area (Å²) in [6.07, 6.45) is -25.6. The zero-order valence-electron chi connectivity index (χ0n) is 17.7. The van der Waals surface area contributed by atoms with Crippen molar-refractivity contribution in [3.63, 3.8) is 0 Å². The Bertz CT molecular complexity index is 599. The molecule has 0 aromatic heterocycles. The van der Waals surface area contributed by atoms with Crippen LogP contribution in [0.1, 0.15) is 0 Å². The molecule has 16 nitrogen and oxygen atoms in total. The predicted molar refractivity (Wildman–Crippen MR) is 101 cm³/mol. The minimum absolute atomic E-state index is 0.762. The van der Waals surface area contributed by atoms with Gasteiger partial charge in [-0.3, -0.25) is 0 Å². The fourth-order valence-electron chi connectivity index (χ4n) is 4.04. The van der Waals surface area contributed by atoms with E-state index in [4.69, 9.17) is 23.7 Å². The van der Waals surface area contributed by atoms with Crippen LogP contribution < -0.4 is 0 Å². The summed E-state index contributed by atoms with van der Waals surface area (Å²) in [4.78, 5) is 0. The van der Waals surface area contributed by atoms with E-state index in [0.717, 1.165) is 0 Å².